The summed E-state index contributed by atoms with van der Waals surface area (Å²) in [4.78, 5) is 13.1. The van der Waals surface area contributed by atoms with E-state index in [2.05, 4.69) is 42.8 Å². The van der Waals surface area contributed by atoms with Crippen LogP contribution in [0.4, 0.5) is 0 Å². The van der Waals surface area contributed by atoms with Gasteiger partial charge in [0.2, 0.25) is 5.91 Å². The highest BCUT2D eigenvalue weighted by molar-refractivity contribution is 9.09. The Bertz CT molecular complexity index is 426. The third kappa shape index (κ3) is 4.86. The molecule has 0 bridgehead atoms. The van der Waals surface area contributed by atoms with Gasteiger partial charge in [-0.25, -0.2) is 0 Å². The van der Waals surface area contributed by atoms with Gasteiger partial charge in [0.1, 0.15) is 12.4 Å². The molecule has 0 atom stereocenters. The lowest BCUT2D eigenvalue weighted by atomic mass is 9.86. The van der Waals surface area contributed by atoms with Crippen molar-refractivity contribution in [2.24, 2.45) is 0 Å². The Labute approximate surface area is 124 Å². The maximum absolute atomic E-state index is 11.4. The second-order valence-corrected chi connectivity index (χ2v) is 6.10. The molecule has 0 radical (unpaired) electrons. The Kier molecular flexibility index (Phi) is 5.85. The van der Waals surface area contributed by atoms with Crippen molar-refractivity contribution in [1.29, 1.82) is 0 Å². The molecule has 1 aromatic rings. The van der Waals surface area contributed by atoms with Gasteiger partial charge in [-0.3, -0.25) is 4.79 Å². The Balaban J connectivity index is 2.62. The van der Waals surface area contributed by atoms with E-state index in [1.54, 1.807) is 11.9 Å². The molecule has 1 aromatic carbocycles. The largest absolute Gasteiger partial charge is 0.491 e. The van der Waals surface area contributed by atoms with Gasteiger partial charge in [0, 0.05) is 7.05 Å². The number of benzene rings is 1. The van der Waals surface area contributed by atoms with Crippen molar-refractivity contribution >= 4 is 21.8 Å². The first-order chi connectivity index (χ1) is 8.86. The van der Waals surface area contributed by atoms with Gasteiger partial charge in [0.15, 0.2) is 0 Å². The minimum Gasteiger partial charge on any atom is -0.491 e. The fourth-order valence-electron chi connectivity index (χ4n) is 1.73. The summed E-state index contributed by atoms with van der Waals surface area (Å²) in [5.41, 5.74) is 1.23. The van der Waals surface area contributed by atoms with Crippen LogP contribution in [-0.2, 0) is 10.2 Å². The lowest BCUT2D eigenvalue weighted by molar-refractivity contribution is -0.127. The number of rotatable bonds is 5. The van der Waals surface area contributed by atoms with Gasteiger partial charge in [-0.15, -0.1) is 0 Å². The van der Waals surface area contributed by atoms with Crippen LogP contribution in [0.1, 0.15) is 26.3 Å². The molecular formula is C15H22BrNO2. The fourth-order valence-corrected chi connectivity index (χ4v) is 2.16. The molecule has 0 N–H and O–H groups in total. The molecule has 0 unspecified atom stereocenters. The van der Waals surface area contributed by atoms with Gasteiger partial charge < -0.3 is 9.64 Å². The third-order valence-corrected chi connectivity index (χ3v) is 3.40. The highest BCUT2D eigenvalue weighted by Crippen LogP contribution is 2.30. The molecular weight excluding hydrogens is 306 g/mol. The van der Waals surface area contributed by atoms with E-state index in [-0.39, 0.29) is 11.3 Å². The number of alkyl halides is 1. The van der Waals surface area contributed by atoms with Crippen LogP contribution in [0, 0.1) is 0 Å². The summed E-state index contributed by atoms with van der Waals surface area (Å²) in [6.07, 6.45) is 0. The molecule has 0 saturated carbocycles. The van der Waals surface area contributed by atoms with Crippen LogP contribution in [0.3, 0.4) is 0 Å². The predicted octanol–water partition coefficient (Wildman–Crippen LogP) is 3.22. The van der Waals surface area contributed by atoms with Crippen LogP contribution in [-0.4, -0.2) is 36.3 Å². The number of halogens is 1. The SMILES string of the molecule is CN(CCOc1ccccc1C(C)(C)C)C(=O)CBr. The van der Waals surface area contributed by atoms with Crippen molar-refractivity contribution in [2.45, 2.75) is 26.2 Å². The minimum atomic E-state index is 0.0498. The van der Waals surface area contributed by atoms with Crippen LogP contribution in [0.5, 0.6) is 5.75 Å². The topological polar surface area (TPSA) is 29.5 Å². The molecule has 0 saturated heterocycles. The standard InChI is InChI=1S/C15H22BrNO2/c1-15(2,3)12-7-5-6-8-13(12)19-10-9-17(4)14(18)11-16/h5-8H,9-11H2,1-4H3. The molecule has 0 fully saturated rings. The summed E-state index contributed by atoms with van der Waals surface area (Å²) >= 11 is 3.16. The van der Waals surface area contributed by atoms with E-state index >= 15 is 0 Å². The van der Waals surface area contributed by atoms with E-state index in [9.17, 15) is 4.79 Å². The fraction of sp³-hybridized carbons (Fsp3) is 0.533. The zero-order valence-electron chi connectivity index (χ0n) is 12.1. The van der Waals surface area contributed by atoms with E-state index < -0.39 is 0 Å². The summed E-state index contributed by atoms with van der Waals surface area (Å²) in [6, 6.07) is 8.06. The summed E-state index contributed by atoms with van der Waals surface area (Å²) in [7, 11) is 1.78. The van der Waals surface area contributed by atoms with Gasteiger partial charge in [-0.2, -0.15) is 0 Å². The average Bonchev–Trinajstić information content (AvgIpc) is 2.37. The summed E-state index contributed by atoms with van der Waals surface area (Å²) in [5, 5.41) is 0.349. The number of carbonyl (C=O) groups excluding carboxylic acids is 1. The highest BCUT2D eigenvalue weighted by Gasteiger charge is 2.18. The lowest BCUT2D eigenvalue weighted by Crippen LogP contribution is -2.31. The number of para-hydroxylation sites is 1. The minimum absolute atomic E-state index is 0.0498. The molecule has 3 nitrogen and oxygen atoms in total. The van der Waals surface area contributed by atoms with Crippen molar-refractivity contribution in [3.05, 3.63) is 29.8 Å². The molecule has 4 heteroatoms. The molecule has 0 aromatic heterocycles. The van der Waals surface area contributed by atoms with E-state index in [0.29, 0.717) is 18.5 Å². The Morgan fingerprint density at radius 3 is 2.53 bits per heavy atom. The monoisotopic (exact) mass is 327 g/mol. The van der Waals surface area contributed by atoms with E-state index in [4.69, 9.17) is 4.74 Å². The summed E-state index contributed by atoms with van der Waals surface area (Å²) < 4.78 is 5.82. The van der Waals surface area contributed by atoms with Crippen LogP contribution in [0.15, 0.2) is 24.3 Å². The average molecular weight is 328 g/mol. The zero-order valence-corrected chi connectivity index (χ0v) is 13.7. The molecule has 0 aliphatic carbocycles. The van der Waals surface area contributed by atoms with Crippen LogP contribution >= 0.6 is 15.9 Å². The van der Waals surface area contributed by atoms with Crippen molar-refractivity contribution in [3.63, 3.8) is 0 Å². The number of amides is 1. The van der Waals surface area contributed by atoms with Gasteiger partial charge >= 0.3 is 0 Å². The van der Waals surface area contributed by atoms with Crippen molar-refractivity contribution in [1.82, 2.24) is 4.90 Å². The van der Waals surface area contributed by atoms with Gasteiger partial charge in [-0.05, 0) is 17.0 Å². The molecule has 19 heavy (non-hydrogen) atoms. The number of carbonyl (C=O) groups is 1. The number of ether oxygens (including phenoxy) is 1. The lowest BCUT2D eigenvalue weighted by Gasteiger charge is -2.23. The number of hydrogen-bond donors (Lipinski definition) is 0. The Morgan fingerprint density at radius 1 is 1.32 bits per heavy atom. The first-order valence-corrected chi connectivity index (χ1v) is 7.50. The first kappa shape index (κ1) is 16.0. The number of likely N-dealkylation sites (N-methyl/N-ethyl adjacent to an activating group) is 1. The molecule has 1 amide bonds. The Hall–Kier alpha value is -1.03. The van der Waals surface area contributed by atoms with Crippen molar-refractivity contribution in [3.8, 4) is 5.75 Å². The first-order valence-electron chi connectivity index (χ1n) is 6.38. The second-order valence-electron chi connectivity index (χ2n) is 5.54. The molecule has 0 spiro atoms. The quantitative estimate of drug-likeness (QED) is 0.777. The number of hydrogen-bond acceptors (Lipinski definition) is 2. The van der Waals surface area contributed by atoms with Crippen LogP contribution in [0.2, 0.25) is 0 Å². The van der Waals surface area contributed by atoms with Crippen molar-refractivity contribution < 1.29 is 9.53 Å². The highest BCUT2D eigenvalue weighted by atomic mass is 79.9. The molecule has 0 heterocycles. The maximum Gasteiger partial charge on any atom is 0.233 e. The molecule has 106 valence electrons. The van der Waals surface area contributed by atoms with Crippen LogP contribution in [0.25, 0.3) is 0 Å². The van der Waals surface area contributed by atoms with E-state index in [1.165, 1.54) is 5.56 Å². The van der Waals surface area contributed by atoms with E-state index in [0.717, 1.165) is 5.75 Å². The van der Waals surface area contributed by atoms with Crippen molar-refractivity contribution in [2.75, 3.05) is 25.5 Å². The van der Waals surface area contributed by atoms with Gasteiger partial charge in [0.25, 0.3) is 0 Å². The number of nitrogens with zero attached hydrogens (tertiary/aromatic N) is 1. The van der Waals surface area contributed by atoms with E-state index in [1.807, 2.05) is 18.2 Å². The van der Waals surface area contributed by atoms with Crippen LogP contribution < -0.4 is 4.74 Å². The summed E-state index contributed by atoms with van der Waals surface area (Å²) in [5.74, 6) is 0.961. The smallest absolute Gasteiger partial charge is 0.233 e. The molecule has 0 aliphatic heterocycles. The maximum atomic E-state index is 11.4. The normalized spacial score (nSPS) is 11.2. The second kappa shape index (κ2) is 6.94. The molecule has 1 rings (SSSR count). The zero-order chi connectivity index (χ0) is 14.5. The van der Waals surface area contributed by atoms with Gasteiger partial charge in [0.05, 0.1) is 11.9 Å². The summed E-state index contributed by atoms with van der Waals surface area (Å²) in [6.45, 7) is 7.58. The predicted molar refractivity (Wildman–Crippen MR) is 82.1 cm³/mol. The third-order valence-electron chi connectivity index (χ3n) is 2.92. The Morgan fingerprint density at radius 2 is 1.95 bits per heavy atom. The molecule has 0 aliphatic rings. The van der Waals surface area contributed by atoms with Gasteiger partial charge in [-0.1, -0.05) is 54.9 Å².